The predicted molar refractivity (Wildman–Crippen MR) is 67.8 cm³/mol. The molecule has 0 aliphatic heterocycles. The molecule has 3 rings (SSSR count). The molecule has 2 aromatic heterocycles. The fraction of sp³-hybridized carbons (Fsp3) is 0.0833. The summed E-state index contributed by atoms with van der Waals surface area (Å²) in [6.45, 7) is 0. The molecule has 0 unspecified atom stereocenters. The number of halogens is 1. The Hall–Kier alpha value is -1.94. The van der Waals surface area contributed by atoms with E-state index in [0.29, 0.717) is 16.6 Å². The Morgan fingerprint density at radius 2 is 2.12 bits per heavy atom. The average molecular weight is 248 g/mol. The van der Waals surface area contributed by atoms with Crippen molar-refractivity contribution in [2.45, 2.75) is 0 Å². The van der Waals surface area contributed by atoms with Crippen molar-refractivity contribution in [2.75, 3.05) is 5.73 Å². The number of aryl methyl sites for hydroxylation is 1. The van der Waals surface area contributed by atoms with Crippen molar-refractivity contribution < 1.29 is 4.52 Å². The molecule has 17 heavy (non-hydrogen) atoms. The van der Waals surface area contributed by atoms with Gasteiger partial charge in [0.25, 0.3) is 0 Å². The standard InChI is InChI=1S/C12H10ClN3O/c1-16-9-5-8(13)3-2-7(9)4-10(16)11-6-12(14)15-17-11/h2-6H,1H3,(H2,14,15). The summed E-state index contributed by atoms with van der Waals surface area (Å²) in [7, 11) is 1.95. The summed E-state index contributed by atoms with van der Waals surface area (Å²) >= 11 is 5.98. The van der Waals surface area contributed by atoms with Crippen LogP contribution in [-0.2, 0) is 7.05 Å². The molecule has 0 amide bonds. The SMILES string of the molecule is Cn1c(-c2cc(N)no2)cc2ccc(Cl)cc21. The first-order valence-electron chi connectivity index (χ1n) is 5.13. The summed E-state index contributed by atoms with van der Waals surface area (Å²) in [5, 5.41) is 5.49. The normalized spacial score (nSPS) is 11.2. The average Bonchev–Trinajstić information content (AvgIpc) is 2.84. The van der Waals surface area contributed by atoms with Gasteiger partial charge in [-0.2, -0.15) is 0 Å². The third-order valence-electron chi connectivity index (χ3n) is 2.79. The van der Waals surface area contributed by atoms with Crippen LogP contribution in [0.15, 0.2) is 34.9 Å². The zero-order chi connectivity index (χ0) is 12.0. The highest BCUT2D eigenvalue weighted by Gasteiger charge is 2.12. The Labute approximate surface area is 103 Å². The second-order valence-electron chi connectivity index (χ2n) is 3.91. The maximum atomic E-state index is 5.98. The smallest absolute Gasteiger partial charge is 0.185 e. The number of aromatic nitrogens is 2. The summed E-state index contributed by atoms with van der Waals surface area (Å²) in [6.07, 6.45) is 0. The zero-order valence-electron chi connectivity index (χ0n) is 9.14. The number of nitrogens with zero attached hydrogens (tertiary/aromatic N) is 2. The van der Waals surface area contributed by atoms with E-state index in [2.05, 4.69) is 5.16 Å². The van der Waals surface area contributed by atoms with Gasteiger partial charge in [0.1, 0.15) is 0 Å². The van der Waals surface area contributed by atoms with E-state index in [0.717, 1.165) is 16.6 Å². The molecule has 0 aliphatic carbocycles. The van der Waals surface area contributed by atoms with Crippen LogP contribution in [0.3, 0.4) is 0 Å². The molecule has 0 radical (unpaired) electrons. The molecule has 86 valence electrons. The molecular weight excluding hydrogens is 238 g/mol. The lowest BCUT2D eigenvalue weighted by Gasteiger charge is -2.00. The van der Waals surface area contributed by atoms with E-state index in [9.17, 15) is 0 Å². The molecule has 4 nitrogen and oxygen atoms in total. The lowest BCUT2D eigenvalue weighted by molar-refractivity contribution is 0.433. The molecule has 5 heteroatoms. The van der Waals surface area contributed by atoms with Crippen LogP contribution >= 0.6 is 11.6 Å². The van der Waals surface area contributed by atoms with E-state index in [4.69, 9.17) is 21.9 Å². The van der Waals surface area contributed by atoms with Gasteiger partial charge in [-0.05, 0) is 18.2 Å². The van der Waals surface area contributed by atoms with Crippen molar-refractivity contribution >= 4 is 28.3 Å². The van der Waals surface area contributed by atoms with Crippen LogP contribution in [0.2, 0.25) is 5.02 Å². The summed E-state index contributed by atoms with van der Waals surface area (Å²) in [5.41, 5.74) is 7.52. The van der Waals surface area contributed by atoms with Gasteiger partial charge in [0.2, 0.25) is 0 Å². The molecule has 0 aliphatic rings. The largest absolute Gasteiger partial charge is 0.381 e. The number of rotatable bonds is 1. The summed E-state index contributed by atoms with van der Waals surface area (Å²) in [6, 6.07) is 9.48. The van der Waals surface area contributed by atoms with Crippen molar-refractivity contribution in [1.82, 2.24) is 9.72 Å². The van der Waals surface area contributed by atoms with E-state index >= 15 is 0 Å². The first-order valence-corrected chi connectivity index (χ1v) is 5.50. The van der Waals surface area contributed by atoms with E-state index in [1.807, 2.05) is 35.9 Å². The summed E-state index contributed by atoms with van der Waals surface area (Å²) in [5.74, 6) is 1.03. The molecule has 0 saturated carbocycles. The lowest BCUT2D eigenvalue weighted by Crippen LogP contribution is -1.89. The van der Waals surface area contributed by atoms with Gasteiger partial charge in [-0.25, -0.2) is 0 Å². The minimum atomic E-state index is 0.378. The van der Waals surface area contributed by atoms with Crippen LogP contribution in [0.25, 0.3) is 22.4 Å². The third-order valence-corrected chi connectivity index (χ3v) is 3.02. The van der Waals surface area contributed by atoms with Crippen LogP contribution in [0.5, 0.6) is 0 Å². The van der Waals surface area contributed by atoms with Gasteiger partial charge in [0.05, 0.1) is 5.69 Å². The van der Waals surface area contributed by atoms with Crippen molar-refractivity contribution in [3.63, 3.8) is 0 Å². The Morgan fingerprint density at radius 1 is 1.29 bits per heavy atom. The fourth-order valence-corrected chi connectivity index (χ4v) is 2.12. The van der Waals surface area contributed by atoms with Gasteiger partial charge >= 0.3 is 0 Å². The number of hydrogen-bond acceptors (Lipinski definition) is 3. The zero-order valence-corrected chi connectivity index (χ0v) is 9.90. The van der Waals surface area contributed by atoms with Crippen LogP contribution in [-0.4, -0.2) is 9.72 Å². The Balaban J connectivity index is 2.27. The van der Waals surface area contributed by atoms with E-state index in [1.54, 1.807) is 6.07 Å². The maximum absolute atomic E-state index is 5.98. The quantitative estimate of drug-likeness (QED) is 0.719. The Kier molecular flexibility index (Phi) is 2.12. The van der Waals surface area contributed by atoms with Crippen LogP contribution in [0.1, 0.15) is 0 Å². The van der Waals surface area contributed by atoms with Crippen LogP contribution < -0.4 is 5.73 Å². The molecule has 0 fully saturated rings. The van der Waals surface area contributed by atoms with Gasteiger partial charge in [0, 0.05) is 29.0 Å². The van der Waals surface area contributed by atoms with Crippen molar-refractivity contribution in [3.05, 3.63) is 35.4 Å². The molecule has 0 spiro atoms. The monoisotopic (exact) mass is 247 g/mol. The molecule has 3 aromatic rings. The molecule has 0 saturated heterocycles. The van der Waals surface area contributed by atoms with Gasteiger partial charge < -0.3 is 14.8 Å². The lowest BCUT2D eigenvalue weighted by atomic mass is 10.2. The first kappa shape index (κ1) is 10.2. The van der Waals surface area contributed by atoms with E-state index in [-0.39, 0.29) is 0 Å². The molecule has 0 atom stereocenters. The first-order chi connectivity index (χ1) is 8.15. The molecule has 1 aromatic carbocycles. The van der Waals surface area contributed by atoms with Crippen LogP contribution in [0.4, 0.5) is 5.82 Å². The maximum Gasteiger partial charge on any atom is 0.185 e. The van der Waals surface area contributed by atoms with Gasteiger partial charge in [-0.1, -0.05) is 22.8 Å². The second kappa shape index (κ2) is 3.53. The highest BCUT2D eigenvalue weighted by Crippen LogP contribution is 2.29. The van der Waals surface area contributed by atoms with Crippen molar-refractivity contribution in [1.29, 1.82) is 0 Å². The Bertz CT molecular complexity index is 699. The van der Waals surface area contributed by atoms with E-state index in [1.165, 1.54) is 0 Å². The summed E-state index contributed by atoms with van der Waals surface area (Å²) < 4.78 is 7.16. The molecular formula is C12H10ClN3O. The third kappa shape index (κ3) is 1.57. The van der Waals surface area contributed by atoms with Crippen LogP contribution in [0, 0.1) is 0 Å². The van der Waals surface area contributed by atoms with E-state index < -0.39 is 0 Å². The van der Waals surface area contributed by atoms with Crippen molar-refractivity contribution in [2.24, 2.45) is 7.05 Å². The molecule has 2 heterocycles. The number of benzene rings is 1. The summed E-state index contributed by atoms with van der Waals surface area (Å²) in [4.78, 5) is 0. The van der Waals surface area contributed by atoms with Gasteiger partial charge in [-0.15, -0.1) is 0 Å². The molecule has 2 N–H and O–H groups in total. The topological polar surface area (TPSA) is 57.0 Å². The molecule has 0 bridgehead atoms. The minimum absolute atomic E-state index is 0.378. The Morgan fingerprint density at radius 3 is 2.82 bits per heavy atom. The highest BCUT2D eigenvalue weighted by atomic mass is 35.5. The number of fused-ring (bicyclic) bond motifs is 1. The van der Waals surface area contributed by atoms with Gasteiger partial charge in [0.15, 0.2) is 11.6 Å². The number of hydrogen-bond donors (Lipinski definition) is 1. The number of anilines is 1. The minimum Gasteiger partial charge on any atom is -0.381 e. The number of nitrogens with two attached hydrogens (primary N) is 1. The predicted octanol–water partition coefficient (Wildman–Crippen LogP) is 3.07. The fourth-order valence-electron chi connectivity index (χ4n) is 1.95. The number of nitrogen functional groups attached to an aromatic ring is 1. The van der Waals surface area contributed by atoms with Crippen molar-refractivity contribution in [3.8, 4) is 11.5 Å². The highest BCUT2D eigenvalue weighted by molar-refractivity contribution is 6.31. The second-order valence-corrected chi connectivity index (χ2v) is 4.34. The van der Waals surface area contributed by atoms with Gasteiger partial charge in [-0.3, -0.25) is 0 Å².